The zero-order valence-electron chi connectivity index (χ0n) is 37.5. The first-order chi connectivity index (χ1) is 30.9. The molecular weight excluding hydrogens is 974 g/mol. The fourth-order valence-corrected chi connectivity index (χ4v) is 8.86. The molecule has 0 saturated heterocycles. The summed E-state index contributed by atoms with van der Waals surface area (Å²) in [5.74, 6) is 0.184. The molecule has 0 saturated carbocycles. The van der Waals surface area contributed by atoms with Gasteiger partial charge in [-0.2, -0.15) is 0 Å². The van der Waals surface area contributed by atoms with E-state index in [1.54, 1.807) is 6.07 Å². The van der Waals surface area contributed by atoms with Crippen molar-refractivity contribution in [3.63, 3.8) is 0 Å². The summed E-state index contributed by atoms with van der Waals surface area (Å²) in [6.07, 6.45) is 1.92. The van der Waals surface area contributed by atoms with Crippen LogP contribution >= 0.6 is 0 Å². The molecule has 4 nitrogen and oxygen atoms in total. The number of rotatable bonds is 7. The van der Waals surface area contributed by atoms with Gasteiger partial charge in [0, 0.05) is 66.2 Å². The van der Waals surface area contributed by atoms with Crippen LogP contribution in [0.25, 0.3) is 94.6 Å². The van der Waals surface area contributed by atoms with Gasteiger partial charge in [0.1, 0.15) is 5.75 Å². The maximum atomic E-state index is 11.2. The molecule has 0 fully saturated rings. The fraction of sp³-hybridized carbons (Fsp3) is 0.133. The number of phenolic OH excluding ortho intramolecular Hbond substituents is 1. The van der Waals surface area contributed by atoms with E-state index in [4.69, 9.17) is 9.97 Å². The Morgan fingerprint density at radius 2 is 1.08 bits per heavy atom. The van der Waals surface area contributed by atoms with Crippen LogP contribution in [0.5, 0.6) is 5.75 Å². The SMILES string of the molecule is CC(C)(C)c1cc(-c2cc(-c3[c-]c(-c4cc(-c5cccc6c7ccccc7n(-c7ccccc7)c56)ccn4)c(-c4ccccc4)cc3)nc(-c3ccccc3O)c2)cc(C(C)(C)C)c1.[Pt]. The first kappa shape index (κ1) is 43.4. The molecule has 0 atom stereocenters. The van der Waals surface area contributed by atoms with Crippen molar-refractivity contribution in [2.75, 3.05) is 0 Å². The van der Waals surface area contributed by atoms with Crippen LogP contribution in [0, 0.1) is 6.07 Å². The molecule has 0 radical (unpaired) electrons. The van der Waals surface area contributed by atoms with E-state index in [1.165, 1.54) is 21.9 Å². The molecule has 0 spiro atoms. The number of pyridine rings is 2. The minimum atomic E-state index is -0.0620. The smallest absolute Gasteiger partial charge is 0.124 e. The molecule has 3 aromatic heterocycles. The average Bonchev–Trinajstić information content (AvgIpc) is 3.66. The van der Waals surface area contributed by atoms with Crippen LogP contribution in [0.4, 0.5) is 0 Å². The molecule has 0 unspecified atom stereocenters. The van der Waals surface area contributed by atoms with E-state index < -0.39 is 0 Å². The molecule has 0 aliphatic heterocycles. The third-order valence-electron chi connectivity index (χ3n) is 12.3. The van der Waals surface area contributed by atoms with Crippen molar-refractivity contribution in [3.8, 4) is 78.6 Å². The van der Waals surface area contributed by atoms with Crippen molar-refractivity contribution in [3.05, 3.63) is 205 Å². The Morgan fingerprint density at radius 1 is 0.477 bits per heavy atom. The van der Waals surface area contributed by atoms with Gasteiger partial charge in [0.25, 0.3) is 0 Å². The molecule has 65 heavy (non-hydrogen) atoms. The van der Waals surface area contributed by atoms with Crippen LogP contribution in [-0.4, -0.2) is 19.6 Å². The number of hydrogen-bond donors (Lipinski definition) is 1. The van der Waals surface area contributed by atoms with E-state index in [-0.39, 0.29) is 37.6 Å². The molecule has 1 N–H and O–H groups in total. The summed E-state index contributed by atoms with van der Waals surface area (Å²) in [5, 5.41) is 13.6. The summed E-state index contributed by atoms with van der Waals surface area (Å²) in [5.41, 5.74) is 16.9. The standard InChI is InChI=1S/C60H50N3O.Pt/c1-59(2,3)44-32-42(33-45(38-44)60(4,5)6)43-36-53(62-55(37-43)51-23-14-16-27-57(51)64)41-28-29-47(39-18-9-7-10-19-39)52(34-41)54-35-40(30-31-61-54)48-24-17-25-50-49-22-13-15-26-56(49)63(58(48)50)46-20-11-8-12-21-46;/h7-33,35-38,64H,1-6H3;/q-1;. The molecule has 10 rings (SSSR count). The molecule has 0 bridgehead atoms. The number of aromatic nitrogens is 3. The predicted molar refractivity (Wildman–Crippen MR) is 267 cm³/mol. The van der Waals surface area contributed by atoms with E-state index >= 15 is 0 Å². The van der Waals surface area contributed by atoms with Gasteiger partial charge < -0.3 is 9.67 Å². The summed E-state index contributed by atoms with van der Waals surface area (Å²) in [6.45, 7) is 13.6. The van der Waals surface area contributed by atoms with Crippen molar-refractivity contribution in [1.29, 1.82) is 0 Å². The van der Waals surface area contributed by atoms with Crippen LogP contribution < -0.4 is 0 Å². The Balaban J connectivity index is 0.00000533. The van der Waals surface area contributed by atoms with Gasteiger partial charge in [-0.3, -0.25) is 9.97 Å². The maximum Gasteiger partial charge on any atom is 0.124 e. The third kappa shape index (κ3) is 8.36. The van der Waals surface area contributed by atoms with E-state index in [2.05, 4.69) is 204 Å². The minimum absolute atomic E-state index is 0. The van der Waals surface area contributed by atoms with Crippen molar-refractivity contribution in [1.82, 2.24) is 14.5 Å². The van der Waals surface area contributed by atoms with Gasteiger partial charge in [0.15, 0.2) is 0 Å². The molecule has 0 aliphatic carbocycles. The molecule has 0 amide bonds. The number of para-hydroxylation sites is 4. The second-order valence-electron chi connectivity index (χ2n) is 18.8. The molecule has 0 aliphatic rings. The Hall–Kier alpha value is -6.87. The van der Waals surface area contributed by atoms with E-state index in [9.17, 15) is 5.11 Å². The maximum absolute atomic E-state index is 11.2. The number of aromatic hydroxyl groups is 1. The zero-order chi connectivity index (χ0) is 44.2. The van der Waals surface area contributed by atoms with Crippen LogP contribution in [0.3, 0.4) is 0 Å². The van der Waals surface area contributed by atoms with Gasteiger partial charge in [0.05, 0.1) is 16.7 Å². The molecule has 322 valence electrons. The molecule has 10 aromatic rings. The summed E-state index contributed by atoms with van der Waals surface area (Å²) < 4.78 is 2.38. The van der Waals surface area contributed by atoms with Gasteiger partial charge in [0.2, 0.25) is 0 Å². The number of phenols is 1. The van der Waals surface area contributed by atoms with Gasteiger partial charge in [-0.05, 0) is 81.1 Å². The van der Waals surface area contributed by atoms with Gasteiger partial charge >= 0.3 is 0 Å². The summed E-state index contributed by atoms with van der Waals surface area (Å²) in [6, 6.07) is 67.4. The van der Waals surface area contributed by atoms with Crippen molar-refractivity contribution >= 4 is 21.8 Å². The Labute approximate surface area is 396 Å². The van der Waals surface area contributed by atoms with Crippen LogP contribution in [0.15, 0.2) is 188 Å². The van der Waals surface area contributed by atoms with Crippen molar-refractivity contribution in [2.24, 2.45) is 0 Å². The topological polar surface area (TPSA) is 50.9 Å². The first-order valence-corrected chi connectivity index (χ1v) is 22.0. The van der Waals surface area contributed by atoms with Crippen molar-refractivity contribution < 1.29 is 26.2 Å². The zero-order valence-corrected chi connectivity index (χ0v) is 39.8. The Kier molecular flexibility index (Phi) is 11.5. The van der Waals surface area contributed by atoms with E-state index in [1.807, 2.05) is 30.5 Å². The number of benzene rings is 7. The van der Waals surface area contributed by atoms with Crippen LogP contribution in [-0.2, 0) is 31.9 Å². The monoisotopic (exact) mass is 1020 g/mol. The molecular formula is C60H50N3OPt-. The van der Waals surface area contributed by atoms with Crippen LogP contribution in [0.2, 0.25) is 0 Å². The van der Waals surface area contributed by atoms with E-state index in [0.717, 1.165) is 72.6 Å². The fourth-order valence-electron chi connectivity index (χ4n) is 8.86. The largest absolute Gasteiger partial charge is 0.507 e. The molecule has 5 heteroatoms. The Bertz CT molecular complexity index is 3320. The van der Waals surface area contributed by atoms with Gasteiger partial charge in [-0.1, -0.05) is 191 Å². The summed E-state index contributed by atoms with van der Waals surface area (Å²) in [7, 11) is 0. The molecule has 7 aromatic carbocycles. The summed E-state index contributed by atoms with van der Waals surface area (Å²) in [4.78, 5) is 10.4. The second-order valence-corrected chi connectivity index (χ2v) is 18.8. The van der Waals surface area contributed by atoms with Crippen molar-refractivity contribution in [2.45, 2.75) is 52.4 Å². The second kappa shape index (κ2) is 17.3. The van der Waals surface area contributed by atoms with Gasteiger partial charge in [-0.25, -0.2) is 0 Å². The van der Waals surface area contributed by atoms with Crippen LogP contribution in [0.1, 0.15) is 52.7 Å². The molecule has 3 heterocycles. The average molecular weight is 1020 g/mol. The van der Waals surface area contributed by atoms with Gasteiger partial charge in [-0.15, -0.1) is 18.2 Å². The third-order valence-corrected chi connectivity index (χ3v) is 12.3. The summed E-state index contributed by atoms with van der Waals surface area (Å²) >= 11 is 0. The number of fused-ring (bicyclic) bond motifs is 3. The predicted octanol–water partition coefficient (Wildman–Crippen LogP) is 15.7. The van der Waals surface area contributed by atoms with E-state index in [0.29, 0.717) is 11.3 Å². The first-order valence-electron chi connectivity index (χ1n) is 22.0. The minimum Gasteiger partial charge on any atom is -0.507 e. The number of nitrogens with zero attached hydrogens (tertiary/aromatic N) is 3. The quantitative estimate of drug-likeness (QED) is 0.162. The number of hydrogen-bond acceptors (Lipinski definition) is 3. The Morgan fingerprint density at radius 3 is 1.80 bits per heavy atom. The normalized spacial score (nSPS) is 11.8.